The Morgan fingerprint density at radius 1 is 1.28 bits per heavy atom. The smallest absolute Gasteiger partial charge is 0.292 e. The number of aryl methyl sites for hydroxylation is 1. The summed E-state index contributed by atoms with van der Waals surface area (Å²) in [5.74, 6) is -1.62. The first kappa shape index (κ1) is 14.4. The lowest BCUT2D eigenvalue weighted by molar-refractivity contribution is -0.117. The first-order valence-corrected chi connectivity index (χ1v) is 6.15. The monoisotopic (exact) mass is 251 g/mol. The third-order valence-corrected chi connectivity index (χ3v) is 2.69. The standard InChI is InChI=1S/C14H18FNO2/c1-3-4-5-8-16-14(18)13(17)11-6-7-12(15)10(2)9-11/h6-7,9H,3-5,8H2,1-2H3,(H,16,18). The molecular weight excluding hydrogens is 233 g/mol. The van der Waals surface area contributed by atoms with Crippen LogP contribution >= 0.6 is 0 Å². The van der Waals surface area contributed by atoms with E-state index in [2.05, 4.69) is 12.2 Å². The van der Waals surface area contributed by atoms with Gasteiger partial charge in [0.1, 0.15) is 5.82 Å². The van der Waals surface area contributed by atoms with Crippen LogP contribution in [0.2, 0.25) is 0 Å². The quantitative estimate of drug-likeness (QED) is 0.480. The lowest BCUT2D eigenvalue weighted by Crippen LogP contribution is -2.31. The first-order chi connectivity index (χ1) is 8.56. The number of Topliss-reactive ketones (excluding diaryl/α,β-unsaturated/α-hetero) is 1. The van der Waals surface area contributed by atoms with E-state index in [1.54, 1.807) is 6.92 Å². The number of rotatable bonds is 6. The van der Waals surface area contributed by atoms with Gasteiger partial charge in [0.15, 0.2) is 0 Å². The van der Waals surface area contributed by atoms with Crippen molar-refractivity contribution in [1.29, 1.82) is 0 Å². The van der Waals surface area contributed by atoms with Crippen molar-refractivity contribution in [1.82, 2.24) is 5.32 Å². The van der Waals surface area contributed by atoms with E-state index in [1.807, 2.05) is 0 Å². The maximum atomic E-state index is 13.0. The Kier molecular flexibility index (Phi) is 5.49. The van der Waals surface area contributed by atoms with Crippen LogP contribution < -0.4 is 5.32 Å². The number of hydrogen-bond donors (Lipinski definition) is 1. The predicted molar refractivity (Wildman–Crippen MR) is 68.0 cm³/mol. The number of carbonyl (C=O) groups is 2. The van der Waals surface area contributed by atoms with Gasteiger partial charge in [-0.25, -0.2) is 4.39 Å². The van der Waals surface area contributed by atoms with Gasteiger partial charge in [-0.3, -0.25) is 9.59 Å². The SMILES string of the molecule is CCCCCNC(=O)C(=O)c1ccc(F)c(C)c1. The Morgan fingerprint density at radius 2 is 2.00 bits per heavy atom. The summed E-state index contributed by atoms with van der Waals surface area (Å²) in [6, 6.07) is 3.92. The highest BCUT2D eigenvalue weighted by atomic mass is 19.1. The highest BCUT2D eigenvalue weighted by Gasteiger charge is 2.16. The summed E-state index contributed by atoms with van der Waals surface area (Å²) in [5.41, 5.74) is 0.585. The molecule has 4 heteroatoms. The Bertz CT molecular complexity index is 443. The number of ketones is 1. The molecule has 1 amide bonds. The minimum Gasteiger partial charge on any atom is -0.349 e. The van der Waals surface area contributed by atoms with Crippen LogP contribution in [0.15, 0.2) is 18.2 Å². The van der Waals surface area contributed by atoms with E-state index in [1.165, 1.54) is 18.2 Å². The molecule has 1 aromatic carbocycles. The van der Waals surface area contributed by atoms with Gasteiger partial charge in [0.2, 0.25) is 5.78 Å². The van der Waals surface area contributed by atoms with Gasteiger partial charge in [0, 0.05) is 12.1 Å². The summed E-state index contributed by atoms with van der Waals surface area (Å²) >= 11 is 0. The van der Waals surface area contributed by atoms with Gasteiger partial charge >= 0.3 is 0 Å². The minimum absolute atomic E-state index is 0.224. The average molecular weight is 251 g/mol. The van der Waals surface area contributed by atoms with E-state index in [-0.39, 0.29) is 11.4 Å². The van der Waals surface area contributed by atoms with Crippen LogP contribution in [0, 0.1) is 12.7 Å². The maximum absolute atomic E-state index is 13.0. The van der Waals surface area contributed by atoms with Gasteiger partial charge < -0.3 is 5.32 Å². The molecule has 0 saturated carbocycles. The zero-order valence-electron chi connectivity index (χ0n) is 10.8. The molecule has 0 heterocycles. The molecule has 18 heavy (non-hydrogen) atoms. The Morgan fingerprint density at radius 3 is 2.61 bits per heavy atom. The second-order valence-corrected chi connectivity index (χ2v) is 4.26. The van der Waals surface area contributed by atoms with Gasteiger partial charge in [-0.05, 0) is 37.1 Å². The molecule has 3 nitrogen and oxygen atoms in total. The number of nitrogens with one attached hydrogen (secondary N) is 1. The van der Waals surface area contributed by atoms with Crippen molar-refractivity contribution in [3.8, 4) is 0 Å². The fraction of sp³-hybridized carbons (Fsp3) is 0.429. The normalized spacial score (nSPS) is 10.2. The Balaban J connectivity index is 2.57. The minimum atomic E-state index is -0.628. The average Bonchev–Trinajstić information content (AvgIpc) is 2.37. The van der Waals surface area contributed by atoms with Crippen LogP contribution in [0.4, 0.5) is 4.39 Å². The van der Waals surface area contributed by atoms with E-state index >= 15 is 0 Å². The van der Waals surface area contributed by atoms with Gasteiger partial charge in [-0.1, -0.05) is 19.8 Å². The van der Waals surface area contributed by atoms with Crippen LogP contribution in [0.25, 0.3) is 0 Å². The molecule has 0 aliphatic rings. The summed E-state index contributed by atoms with van der Waals surface area (Å²) in [6.45, 7) is 4.12. The predicted octanol–water partition coefficient (Wildman–Crippen LogP) is 2.62. The van der Waals surface area contributed by atoms with Crippen molar-refractivity contribution in [2.45, 2.75) is 33.1 Å². The van der Waals surface area contributed by atoms with E-state index in [0.29, 0.717) is 12.1 Å². The molecule has 0 bridgehead atoms. The topological polar surface area (TPSA) is 46.2 Å². The highest BCUT2D eigenvalue weighted by Crippen LogP contribution is 2.09. The fourth-order valence-electron chi connectivity index (χ4n) is 1.57. The molecule has 0 atom stereocenters. The number of carbonyl (C=O) groups excluding carboxylic acids is 2. The second-order valence-electron chi connectivity index (χ2n) is 4.26. The summed E-state index contributed by atoms with van der Waals surface area (Å²) in [4.78, 5) is 23.3. The van der Waals surface area contributed by atoms with Crippen molar-refractivity contribution in [2.24, 2.45) is 0 Å². The molecule has 0 aliphatic carbocycles. The van der Waals surface area contributed by atoms with Crippen LogP contribution in [0.5, 0.6) is 0 Å². The molecule has 0 spiro atoms. The summed E-state index contributed by atoms with van der Waals surface area (Å²) < 4.78 is 13.0. The molecule has 0 radical (unpaired) electrons. The van der Waals surface area contributed by atoms with Gasteiger partial charge in [0.05, 0.1) is 0 Å². The van der Waals surface area contributed by atoms with Gasteiger partial charge in [-0.15, -0.1) is 0 Å². The second kappa shape index (κ2) is 6.89. The summed E-state index contributed by atoms with van der Waals surface area (Å²) in [7, 11) is 0. The zero-order valence-corrected chi connectivity index (χ0v) is 10.8. The Hall–Kier alpha value is -1.71. The van der Waals surface area contributed by atoms with Crippen molar-refractivity contribution in [2.75, 3.05) is 6.54 Å². The number of hydrogen-bond acceptors (Lipinski definition) is 2. The van der Waals surface area contributed by atoms with Crippen molar-refractivity contribution >= 4 is 11.7 Å². The van der Waals surface area contributed by atoms with Crippen LogP contribution in [0.1, 0.15) is 42.1 Å². The van der Waals surface area contributed by atoms with Gasteiger partial charge in [0.25, 0.3) is 5.91 Å². The van der Waals surface area contributed by atoms with E-state index in [0.717, 1.165) is 19.3 Å². The Labute approximate surface area is 106 Å². The lowest BCUT2D eigenvalue weighted by Gasteiger charge is -2.05. The van der Waals surface area contributed by atoms with Crippen molar-refractivity contribution < 1.29 is 14.0 Å². The number of halogens is 1. The van der Waals surface area contributed by atoms with Gasteiger partial charge in [-0.2, -0.15) is 0 Å². The number of unbranched alkanes of at least 4 members (excludes halogenated alkanes) is 2. The molecule has 0 saturated heterocycles. The summed E-state index contributed by atoms with van der Waals surface area (Å²) in [5, 5.41) is 2.57. The third kappa shape index (κ3) is 3.95. The molecule has 0 fully saturated rings. The van der Waals surface area contributed by atoms with Crippen LogP contribution in [0.3, 0.4) is 0 Å². The zero-order chi connectivity index (χ0) is 13.5. The molecule has 0 unspecified atom stereocenters. The molecule has 0 aromatic heterocycles. The maximum Gasteiger partial charge on any atom is 0.292 e. The van der Waals surface area contributed by atoms with E-state index < -0.39 is 11.7 Å². The molecule has 1 N–H and O–H groups in total. The van der Waals surface area contributed by atoms with Crippen molar-refractivity contribution in [3.05, 3.63) is 35.1 Å². The largest absolute Gasteiger partial charge is 0.349 e. The molecule has 98 valence electrons. The molecule has 0 aliphatic heterocycles. The third-order valence-electron chi connectivity index (χ3n) is 2.69. The number of amides is 1. The fourth-order valence-corrected chi connectivity index (χ4v) is 1.57. The first-order valence-electron chi connectivity index (χ1n) is 6.15. The molecule has 1 rings (SSSR count). The van der Waals surface area contributed by atoms with Crippen LogP contribution in [-0.2, 0) is 4.79 Å². The lowest BCUT2D eigenvalue weighted by atomic mass is 10.1. The van der Waals surface area contributed by atoms with Crippen LogP contribution in [-0.4, -0.2) is 18.2 Å². The van der Waals surface area contributed by atoms with E-state index in [9.17, 15) is 14.0 Å². The number of benzene rings is 1. The van der Waals surface area contributed by atoms with Crippen molar-refractivity contribution in [3.63, 3.8) is 0 Å². The highest BCUT2D eigenvalue weighted by molar-refractivity contribution is 6.42. The molecule has 1 aromatic rings. The summed E-state index contributed by atoms with van der Waals surface area (Å²) in [6.07, 6.45) is 2.93. The molecular formula is C14H18FNO2. The van der Waals surface area contributed by atoms with E-state index in [4.69, 9.17) is 0 Å².